The molecule has 0 bridgehead atoms. The summed E-state index contributed by atoms with van der Waals surface area (Å²) < 4.78 is 5.65. The van der Waals surface area contributed by atoms with E-state index in [0.29, 0.717) is 29.3 Å². The molecule has 1 aliphatic rings. The van der Waals surface area contributed by atoms with Gasteiger partial charge in [-0.1, -0.05) is 35.9 Å². The van der Waals surface area contributed by atoms with E-state index in [1.807, 2.05) is 62.1 Å². The normalized spacial score (nSPS) is 15.7. The van der Waals surface area contributed by atoms with E-state index in [-0.39, 0.29) is 17.9 Å². The minimum absolute atomic E-state index is 0.0855. The van der Waals surface area contributed by atoms with Crippen LogP contribution in [0.25, 0.3) is 21.4 Å². The summed E-state index contributed by atoms with van der Waals surface area (Å²) >= 11 is 3.23. The predicted octanol–water partition coefficient (Wildman–Crippen LogP) is 5.43. The van der Waals surface area contributed by atoms with Crippen LogP contribution in [-0.2, 0) is 0 Å². The van der Waals surface area contributed by atoms with Crippen LogP contribution in [0.2, 0.25) is 0 Å². The number of carbonyl (C=O) groups excluding carboxylic acids is 2. The predicted molar refractivity (Wildman–Crippen MR) is 138 cm³/mol. The highest BCUT2D eigenvalue weighted by atomic mass is 32.2. The first-order valence-corrected chi connectivity index (χ1v) is 13.1. The summed E-state index contributed by atoms with van der Waals surface area (Å²) in [4.78, 5) is 33.9. The molecule has 0 aliphatic carbocycles. The van der Waals surface area contributed by atoms with Gasteiger partial charge in [0.05, 0.1) is 27.4 Å². The number of benzene rings is 2. The molecule has 2 aromatic heterocycles. The van der Waals surface area contributed by atoms with Crippen LogP contribution in [0.15, 0.2) is 52.9 Å². The van der Waals surface area contributed by atoms with E-state index in [1.54, 1.807) is 17.8 Å². The van der Waals surface area contributed by atoms with Gasteiger partial charge < -0.3 is 14.6 Å². The van der Waals surface area contributed by atoms with Gasteiger partial charge >= 0.3 is 0 Å². The highest BCUT2D eigenvalue weighted by molar-refractivity contribution is 7.99. The number of nitrogens with zero attached hydrogens (tertiary/aromatic N) is 2. The zero-order valence-corrected chi connectivity index (χ0v) is 20.9. The van der Waals surface area contributed by atoms with E-state index in [2.05, 4.69) is 16.4 Å². The van der Waals surface area contributed by atoms with E-state index >= 15 is 0 Å². The van der Waals surface area contributed by atoms with Gasteiger partial charge in [-0.15, -0.1) is 23.1 Å². The molecule has 8 heteroatoms. The van der Waals surface area contributed by atoms with Crippen LogP contribution >= 0.6 is 23.1 Å². The third-order valence-corrected chi connectivity index (χ3v) is 7.99. The number of fused-ring (bicyclic) bond motifs is 1. The SMILES string of the molecule is Cc1cccc(-c2sc(C)nc2C(=O)N2CSC[C@H]2CNC(=O)c2cccc3oc(C)cc23)c1. The van der Waals surface area contributed by atoms with Crippen molar-refractivity contribution in [3.05, 3.63) is 76.1 Å². The Morgan fingerprint density at radius 2 is 1.97 bits per heavy atom. The fourth-order valence-corrected chi connectivity index (χ4v) is 6.36. The van der Waals surface area contributed by atoms with Gasteiger partial charge in [0.2, 0.25) is 0 Å². The first-order valence-electron chi connectivity index (χ1n) is 11.1. The Labute approximate surface area is 206 Å². The summed E-state index contributed by atoms with van der Waals surface area (Å²) in [7, 11) is 0. The van der Waals surface area contributed by atoms with Crippen LogP contribution in [0.4, 0.5) is 0 Å². The lowest BCUT2D eigenvalue weighted by atomic mass is 10.1. The van der Waals surface area contributed by atoms with E-state index in [0.717, 1.165) is 37.9 Å². The Morgan fingerprint density at radius 3 is 2.79 bits per heavy atom. The van der Waals surface area contributed by atoms with Crippen LogP contribution in [0.5, 0.6) is 0 Å². The number of furan rings is 1. The van der Waals surface area contributed by atoms with Gasteiger partial charge in [0.25, 0.3) is 11.8 Å². The molecule has 1 saturated heterocycles. The molecular weight excluding hydrogens is 466 g/mol. The van der Waals surface area contributed by atoms with Gasteiger partial charge in [-0.2, -0.15) is 0 Å². The number of hydrogen-bond donors (Lipinski definition) is 1. The Balaban J connectivity index is 1.34. The van der Waals surface area contributed by atoms with Gasteiger partial charge in [-0.3, -0.25) is 9.59 Å². The molecule has 3 heterocycles. The number of thiazole rings is 1. The molecule has 4 aromatic rings. The Morgan fingerprint density at radius 1 is 1.15 bits per heavy atom. The third-order valence-electron chi connectivity index (χ3n) is 5.89. The fourth-order valence-electron chi connectivity index (χ4n) is 4.26. The van der Waals surface area contributed by atoms with Crippen LogP contribution in [0.1, 0.15) is 37.2 Å². The molecule has 0 saturated carbocycles. The smallest absolute Gasteiger partial charge is 0.275 e. The molecule has 174 valence electrons. The van der Waals surface area contributed by atoms with Gasteiger partial charge in [-0.25, -0.2) is 4.98 Å². The third kappa shape index (κ3) is 4.35. The van der Waals surface area contributed by atoms with Crippen LogP contribution < -0.4 is 5.32 Å². The maximum atomic E-state index is 13.6. The van der Waals surface area contributed by atoms with Gasteiger partial charge in [0, 0.05) is 17.7 Å². The molecule has 1 N–H and O–H groups in total. The fraction of sp³-hybridized carbons (Fsp3) is 0.269. The first-order chi connectivity index (χ1) is 16.4. The first kappa shape index (κ1) is 22.7. The molecular formula is C26H25N3O3S2. The molecule has 5 rings (SSSR count). The summed E-state index contributed by atoms with van der Waals surface area (Å²) in [5.41, 5.74) is 3.91. The molecule has 2 amide bonds. The highest BCUT2D eigenvalue weighted by Gasteiger charge is 2.33. The summed E-state index contributed by atoms with van der Waals surface area (Å²) in [6.07, 6.45) is 0. The lowest BCUT2D eigenvalue weighted by molar-refractivity contribution is 0.0732. The van der Waals surface area contributed by atoms with Gasteiger partial charge in [0.15, 0.2) is 0 Å². The largest absolute Gasteiger partial charge is 0.461 e. The Hall–Kier alpha value is -3.10. The number of thioether (sulfide) groups is 1. The lowest BCUT2D eigenvalue weighted by Gasteiger charge is -2.24. The van der Waals surface area contributed by atoms with Crippen LogP contribution in [0.3, 0.4) is 0 Å². The minimum Gasteiger partial charge on any atom is -0.461 e. The molecule has 2 aromatic carbocycles. The number of nitrogens with one attached hydrogen (secondary N) is 1. The second kappa shape index (κ2) is 9.27. The molecule has 0 unspecified atom stereocenters. The van der Waals surface area contributed by atoms with E-state index in [4.69, 9.17) is 4.42 Å². The summed E-state index contributed by atoms with van der Waals surface area (Å²) in [5.74, 6) is 1.87. The monoisotopic (exact) mass is 491 g/mol. The van der Waals surface area contributed by atoms with E-state index in [9.17, 15) is 9.59 Å². The molecule has 1 aliphatic heterocycles. The molecule has 6 nitrogen and oxygen atoms in total. The minimum atomic E-state index is -0.166. The van der Waals surface area contributed by atoms with Crippen LogP contribution in [0, 0.1) is 20.8 Å². The maximum Gasteiger partial charge on any atom is 0.275 e. The van der Waals surface area contributed by atoms with Crippen molar-refractivity contribution in [1.29, 1.82) is 0 Å². The van der Waals surface area contributed by atoms with Crippen molar-refractivity contribution in [2.24, 2.45) is 0 Å². The zero-order chi connectivity index (χ0) is 23.8. The topological polar surface area (TPSA) is 75.4 Å². The van der Waals surface area contributed by atoms with Gasteiger partial charge in [-0.05, 0) is 44.5 Å². The van der Waals surface area contributed by atoms with Crippen molar-refractivity contribution >= 4 is 45.9 Å². The standard InChI is InChI=1S/C26H25N3O3S2/c1-15-6-4-7-18(10-15)24-23(28-17(3)34-24)26(31)29-14-33-13-19(29)12-27-25(30)20-8-5-9-22-21(20)11-16(2)32-22/h4-11,19H,12-14H2,1-3H3,(H,27,30)/t19-/m1/s1. The van der Waals surface area contributed by atoms with Crippen molar-refractivity contribution in [2.75, 3.05) is 18.2 Å². The van der Waals surface area contributed by atoms with Crippen molar-refractivity contribution < 1.29 is 14.0 Å². The molecule has 1 atom stereocenters. The Kier molecular flexibility index (Phi) is 6.18. The summed E-state index contributed by atoms with van der Waals surface area (Å²) in [6, 6.07) is 15.4. The molecule has 1 fully saturated rings. The Bertz CT molecular complexity index is 1390. The van der Waals surface area contributed by atoms with Crippen LogP contribution in [-0.4, -0.2) is 45.9 Å². The second-order valence-electron chi connectivity index (χ2n) is 8.49. The van der Waals surface area contributed by atoms with Crippen molar-refractivity contribution in [1.82, 2.24) is 15.2 Å². The number of aryl methyl sites for hydroxylation is 3. The molecule has 34 heavy (non-hydrogen) atoms. The summed E-state index contributed by atoms with van der Waals surface area (Å²) in [5, 5.41) is 4.69. The quantitative estimate of drug-likeness (QED) is 0.403. The molecule has 0 radical (unpaired) electrons. The number of aromatic nitrogens is 1. The zero-order valence-electron chi connectivity index (χ0n) is 19.3. The van der Waals surface area contributed by atoms with E-state index < -0.39 is 0 Å². The highest BCUT2D eigenvalue weighted by Crippen LogP contribution is 2.33. The average Bonchev–Trinajstić information content (AvgIpc) is 3.53. The summed E-state index contributed by atoms with van der Waals surface area (Å²) in [6.45, 7) is 6.22. The number of carbonyl (C=O) groups is 2. The van der Waals surface area contributed by atoms with Gasteiger partial charge in [0.1, 0.15) is 17.0 Å². The lowest BCUT2D eigenvalue weighted by Crippen LogP contribution is -2.44. The average molecular weight is 492 g/mol. The van der Waals surface area contributed by atoms with Crippen molar-refractivity contribution in [3.8, 4) is 10.4 Å². The molecule has 0 spiro atoms. The van der Waals surface area contributed by atoms with E-state index in [1.165, 1.54) is 11.3 Å². The number of rotatable bonds is 5. The van der Waals surface area contributed by atoms with Crippen molar-refractivity contribution in [2.45, 2.75) is 26.8 Å². The second-order valence-corrected chi connectivity index (χ2v) is 10.7. The van der Waals surface area contributed by atoms with Crippen molar-refractivity contribution in [3.63, 3.8) is 0 Å². The maximum absolute atomic E-state index is 13.6. The number of hydrogen-bond acceptors (Lipinski definition) is 6. The number of amides is 2.